The Morgan fingerprint density at radius 2 is 1.53 bits per heavy atom. The molecule has 2 heterocycles. The van der Waals surface area contributed by atoms with E-state index in [-0.39, 0.29) is 0 Å². The third-order valence-electron chi connectivity index (χ3n) is 9.15. The number of fused-ring (bicyclic) bond motifs is 8. The molecule has 0 radical (unpaired) electrons. The predicted molar refractivity (Wildman–Crippen MR) is 186 cm³/mol. The second-order valence-electron chi connectivity index (χ2n) is 11.8. The Kier molecular flexibility index (Phi) is 5.82. The van der Waals surface area contributed by atoms with Crippen LogP contribution in [0.3, 0.4) is 0 Å². The molecule has 0 bridgehead atoms. The normalized spacial score (nSPS) is 12.8. The summed E-state index contributed by atoms with van der Waals surface area (Å²) in [6.45, 7) is 0.399. The molecular weight excluding hydrogens is 552 g/mol. The van der Waals surface area contributed by atoms with Crippen LogP contribution in [0, 0.1) is 0 Å². The van der Waals surface area contributed by atoms with Gasteiger partial charge in [-0.15, -0.1) is 0 Å². The van der Waals surface area contributed by atoms with Gasteiger partial charge in [0.05, 0.1) is 16.6 Å². The van der Waals surface area contributed by atoms with E-state index in [4.69, 9.17) is 14.9 Å². The molecule has 216 valence electrons. The highest BCUT2D eigenvalue weighted by Crippen LogP contribution is 2.44. The Labute approximate surface area is 260 Å². The monoisotopic (exact) mass is 582 g/mol. The number of nitrogen functional groups attached to an aromatic ring is 1. The summed E-state index contributed by atoms with van der Waals surface area (Å²) in [6.07, 6.45) is 6.66. The van der Waals surface area contributed by atoms with Crippen molar-refractivity contribution in [2.75, 3.05) is 5.73 Å². The van der Waals surface area contributed by atoms with Crippen LogP contribution in [0.4, 0.5) is 5.69 Å². The third-order valence-corrected chi connectivity index (χ3v) is 9.15. The van der Waals surface area contributed by atoms with Crippen LogP contribution in [-0.2, 0) is 13.0 Å². The van der Waals surface area contributed by atoms with Crippen LogP contribution in [0.1, 0.15) is 23.2 Å². The molecule has 2 aromatic heterocycles. The summed E-state index contributed by atoms with van der Waals surface area (Å²) in [4.78, 5) is 0. The van der Waals surface area contributed by atoms with E-state index in [1.54, 1.807) is 0 Å². The number of ether oxygens (including phenoxy) is 1. The van der Waals surface area contributed by atoms with Crippen molar-refractivity contribution in [1.29, 1.82) is 0 Å². The maximum atomic E-state index is 6.80. The van der Waals surface area contributed by atoms with Gasteiger partial charge in [0.2, 0.25) is 0 Å². The number of allylic oxidation sites excluding steroid dienone is 1. The zero-order chi connectivity index (χ0) is 29.9. The van der Waals surface area contributed by atoms with Gasteiger partial charge in [0.25, 0.3) is 0 Å². The summed E-state index contributed by atoms with van der Waals surface area (Å²) in [5.41, 5.74) is 17.2. The highest BCUT2D eigenvalue weighted by molar-refractivity contribution is 6.16. The zero-order valence-corrected chi connectivity index (χ0v) is 24.7. The van der Waals surface area contributed by atoms with Crippen LogP contribution >= 0.6 is 0 Å². The predicted octanol–water partition coefficient (Wildman–Crippen LogP) is 10.5. The SMILES string of the molecule is Nc1c(OCc2ccc(-n3c4c(c5ccc6ccccc6c53)C=CCC4)cc2)cc(-c2ccccc2)c2oc3ccccc3c12. The molecule has 0 unspecified atom stereocenters. The second-order valence-corrected chi connectivity index (χ2v) is 11.8. The fourth-order valence-electron chi connectivity index (χ4n) is 7.02. The second kappa shape index (κ2) is 10.2. The Morgan fingerprint density at radius 1 is 0.756 bits per heavy atom. The Bertz CT molecular complexity index is 2430. The van der Waals surface area contributed by atoms with Gasteiger partial charge in [-0.05, 0) is 53.6 Å². The standard InChI is InChI=1S/C41H30N2O2/c42-39-37(24-34(27-10-2-1-3-11-27)41-38(39)33-15-7-9-17-36(33)45-41)44-25-26-18-21-29(22-19-26)43-35-16-8-6-14-31(35)32-23-20-28-12-4-5-13-30(28)40(32)43/h1-7,9-15,17-24H,8,16,25,42H2. The molecule has 1 aliphatic carbocycles. The average molecular weight is 583 g/mol. The first-order valence-corrected chi connectivity index (χ1v) is 15.5. The Morgan fingerprint density at radius 3 is 2.40 bits per heavy atom. The molecular formula is C41H30N2O2. The molecule has 6 aromatic carbocycles. The van der Waals surface area contributed by atoms with Crippen LogP contribution in [-0.4, -0.2) is 4.57 Å². The van der Waals surface area contributed by atoms with E-state index in [0.29, 0.717) is 18.0 Å². The van der Waals surface area contributed by atoms with E-state index in [2.05, 4.69) is 95.6 Å². The van der Waals surface area contributed by atoms with Gasteiger partial charge < -0.3 is 19.5 Å². The summed E-state index contributed by atoms with van der Waals surface area (Å²) in [7, 11) is 0. The first-order valence-electron chi connectivity index (χ1n) is 15.5. The maximum absolute atomic E-state index is 6.80. The van der Waals surface area contributed by atoms with Crippen LogP contribution < -0.4 is 10.5 Å². The summed E-state index contributed by atoms with van der Waals surface area (Å²) < 4.78 is 15.3. The molecule has 45 heavy (non-hydrogen) atoms. The third kappa shape index (κ3) is 4.06. The van der Waals surface area contributed by atoms with Gasteiger partial charge in [0.15, 0.2) is 0 Å². The van der Waals surface area contributed by atoms with Gasteiger partial charge in [-0.2, -0.15) is 0 Å². The van der Waals surface area contributed by atoms with Crippen molar-refractivity contribution in [3.8, 4) is 22.6 Å². The molecule has 9 rings (SSSR count). The zero-order valence-electron chi connectivity index (χ0n) is 24.7. The summed E-state index contributed by atoms with van der Waals surface area (Å²) in [5.74, 6) is 0.653. The van der Waals surface area contributed by atoms with Crippen molar-refractivity contribution in [2.24, 2.45) is 0 Å². The van der Waals surface area contributed by atoms with E-state index in [0.717, 1.165) is 57.2 Å². The summed E-state index contributed by atoms with van der Waals surface area (Å²) >= 11 is 0. The molecule has 0 amide bonds. The van der Waals surface area contributed by atoms with Crippen molar-refractivity contribution in [3.05, 3.63) is 144 Å². The van der Waals surface area contributed by atoms with E-state index < -0.39 is 0 Å². The highest BCUT2D eigenvalue weighted by atomic mass is 16.5. The highest BCUT2D eigenvalue weighted by Gasteiger charge is 2.21. The van der Waals surface area contributed by atoms with Crippen molar-refractivity contribution >= 4 is 55.4 Å². The minimum absolute atomic E-state index is 0.399. The summed E-state index contributed by atoms with van der Waals surface area (Å²) in [6, 6.07) is 42.2. The summed E-state index contributed by atoms with van der Waals surface area (Å²) in [5, 5.41) is 5.71. The molecule has 1 aliphatic rings. The number of furan rings is 1. The molecule has 2 N–H and O–H groups in total. The van der Waals surface area contributed by atoms with Crippen molar-refractivity contribution < 1.29 is 9.15 Å². The van der Waals surface area contributed by atoms with Crippen molar-refractivity contribution in [3.63, 3.8) is 0 Å². The van der Waals surface area contributed by atoms with Gasteiger partial charge in [0.1, 0.15) is 23.5 Å². The number of aromatic nitrogens is 1. The number of hydrogen-bond donors (Lipinski definition) is 1. The van der Waals surface area contributed by atoms with Crippen LogP contribution in [0.2, 0.25) is 0 Å². The molecule has 8 aromatic rings. The number of anilines is 1. The van der Waals surface area contributed by atoms with Gasteiger partial charge >= 0.3 is 0 Å². The maximum Gasteiger partial charge on any atom is 0.145 e. The molecule has 4 heteroatoms. The van der Waals surface area contributed by atoms with Crippen LogP contribution in [0.5, 0.6) is 5.75 Å². The number of rotatable bonds is 5. The molecule has 0 saturated heterocycles. The van der Waals surface area contributed by atoms with Crippen LogP contribution in [0.25, 0.3) is 66.5 Å². The first-order chi connectivity index (χ1) is 22.2. The van der Waals surface area contributed by atoms with Crippen molar-refractivity contribution in [1.82, 2.24) is 4.57 Å². The van der Waals surface area contributed by atoms with E-state index >= 15 is 0 Å². The quantitative estimate of drug-likeness (QED) is 0.205. The molecule has 0 aliphatic heterocycles. The molecule has 4 nitrogen and oxygen atoms in total. The minimum atomic E-state index is 0.399. The van der Waals surface area contributed by atoms with E-state index in [1.165, 1.54) is 32.9 Å². The molecule has 0 atom stereocenters. The lowest BCUT2D eigenvalue weighted by Crippen LogP contribution is -2.04. The van der Waals surface area contributed by atoms with Gasteiger partial charge in [0, 0.05) is 38.7 Å². The first kappa shape index (κ1) is 25.7. The largest absolute Gasteiger partial charge is 0.487 e. The fraction of sp³-hybridized carbons (Fsp3) is 0.0732. The number of nitrogens with two attached hydrogens (primary N) is 1. The minimum Gasteiger partial charge on any atom is -0.487 e. The Hall–Kier alpha value is -5.74. The molecule has 0 fully saturated rings. The lowest BCUT2D eigenvalue weighted by atomic mass is 10.0. The Balaban J connectivity index is 1.10. The number of benzene rings is 6. The average Bonchev–Trinajstić information content (AvgIpc) is 3.66. The number of para-hydroxylation sites is 1. The van der Waals surface area contributed by atoms with Gasteiger partial charge in [-0.25, -0.2) is 0 Å². The lowest BCUT2D eigenvalue weighted by molar-refractivity contribution is 0.308. The molecule has 0 saturated carbocycles. The topological polar surface area (TPSA) is 53.3 Å². The lowest BCUT2D eigenvalue weighted by Gasteiger charge is -2.15. The van der Waals surface area contributed by atoms with Crippen molar-refractivity contribution in [2.45, 2.75) is 19.4 Å². The van der Waals surface area contributed by atoms with Gasteiger partial charge in [-0.1, -0.05) is 109 Å². The fourth-order valence-corrected chi connectivity index (χ4v) is 7.02. The van der Waals surface area contributed by atoms with E-state index in [1.807, 2.05) is 42.5 Å². The van der Waals surface area contributed by atoms with Gasteiger partial charge in [-0.3, -0.25) is 0 Å². The van der Waals surface area contributed by atoms with E-state index in [9.17, 15) is 0 Å². The molecule has 0 spiro atoms. The number of nitrogens with zero attached hydrogens (tertiary/aromatic N) is 1. The van der Waals surface area contributed by atoms with Crippen LogP contribution in [0.15, 0.2) is 132 Å². The smallest absolute Gasteiger partial charge is 0.145 e. The number of hydrogen-bond acceptors (Lipinski definition) is 3.